The van der Waals surface area contributed by atoms with Crippen molar-refractivity contribution in [2.45, 2.75) is 12.6 Å². The molecular formula is C13H16N6O2. The highest BCUT2D eigenvalue weighted by Gasteiger charge is 2.33. The van der Waals surface area contributed by atoms with Gasteiger partial charge in [-0.15, -0.1) is 0 Å². The highest BCUT2D eigenvalue weighted by molar-refractivity contribution is 5.93. The van der Waals surface area contributed by atoms with Gasteiger partial charge in [-0.2, -0.15) is 10.2 Å². The van der Waals surface area contributed by atoms with Crippen LogP contribution in [0.15, 0.2) is 24.5 Å². The van der Waals surface area contributed by atoms with E-state index in [4.69, 9.17) is 0 Å². The number of fused-ring (bicyclic) bond motifs is 1. The molecule has 0 fully saturated rings. The summed E-state index contributed by atoms with van der Waals surface area (Å²) in [5, 5.41) is 10.9. The number of hydrogen-bond donors (Lipinski definition) is 1. The number of nitrogens with zero attached hydrogens (tertiary/aromatic N) is 5. The van der Waals surface area contributed by atoms with E-state index in [1.807, 2.05) is 6.07 Å². The summed E-state index contributed by atoms with van der Waals surface area (Å²) in [7, 11) is 3.33. The van der Waals surface area contributed by atoms with E-state index in [0.29, 0.717) is 12.2 Å². The lowest BCUT2D eigenvalue weighted by Crippen LogP contribution is -2.46. The fourth-order valence-electron chi connectivity index (χ4n) is 2.50. The topological polar surface area (TPSA) is 85.1 Å². The molecule has 0 unspecified atom stereocenters. The second kappa shape index (κ2) is 5.04. The van der Waals surface area contributed by atoms with Gasteiger partial charge in [0.1, 0.15) is 11.7 Å². The molecule has 2 aromatic rings. The number of hydrogen-bond acceptors (Lipinski definition) is 4. The number of carbonyl (C=O) groups is 2. The zero-order valence-electron chi connectivity index (χ0n) is 11.9. The Balaban J connectivity index is 1.89. The van der Waals surface area contributed by atoms with Gasteiger partial charge in [-0.1, -0.05) is 0 Å². The molecule has 2 aromatic heterocycles. The first-order valence-corrected chi connectivity index (χ1v) is 6.63. The molecule has 3 rings (SSSR count). The van der Waals surface area contributed by atoms with Crippen molar-refractivity contribution in [3.63, 3.8) is 0 Å². The molecule has 1 N–H and O–H groups in total. The van der Waals surface area contributed by atoms with Crippen LogP contribution in [0.2, 0.25) is 0 Å². The van der Waals surface area contributed by atoms with Gasteiger partial charge in [0.25, 0.3) is 5.91 Å². The van der Waals surface area contributed by atoms with Crippen molar-refractivity contribution in [2.75, 3.05) is 13.6 Å². The first-order chi connectivity index (χ1) is 10.1. The first-order valence-electron chi connectivity index (χ1n) is 6.63. The second-order valence-corrected chi connectivity index (χ2v) is 4.96. The van der Waals surface area contributed by atoms with Crippen molar-refractivity contribution >= 4 is 11.8 Å². The minimum absolute atomic E-state index is 0.168. The van der Waals surface area contributed by atoms with Crippen LogP contribution in [-0.4, -0.2) is 49.9 Å². The number of likely N-dealkylation sites (N-methyl/N-ethyl adjacent to an activating group) is 1. The summed E-state index contributed by atoms with van der Waals surface area (Å²) in [4.78, 5) is 26.1. The van der Waals surface area contributed by atoms with Crippen LogP contribution in [0.4, 0.5) is 0 Å². The van der Waals surface area contributed by atoms with Crippen LogP contribution < -0.4 is 5.32 Å². The lowest BCUT2D eigenvalue weighted by atomic mass is 10.1. The molecule has 0 aliphatic carbocycles. The lowest BCUT2D eigenvalue weighted by molar-refractivity contribution is -0.125. The van der Waals surface area contributed by atoms with E-state index in [1.165, 1.54) is 0 Å². The highest BCUT2D eigenvalue weighted by atomic mass is 16.2. The summed E-state index contributed by atoms with van der Waals surface area (Å²) in [5.41, 5.74) is 1.21. The number of amides is 2. The van der Waals surface area contributed by atoms with Gasteiger partial charge in [-0.3, -0.25) is 19.0 Å². The molecule has 1 aliphatic heterocycles. The van der Waals surface area contributed by atoms with Crippen molar-refractivity contribution in [2.24, 2.45) is 7.05 Å². The third-order valence-corrected chi connectivity index (χ3v) is 3.56. The molecule has 0 saturated heterocycles. The first kappa shape index (κ1) is 13.3. The van der Waals surface area contributed by atoms with Gasteiger partial charge in [-0.05, 0) is 12.1 Å². The van der Waals surface area contributed by atoms with E-state index in [0.717, 1.165) is 5.69 Å². The van der Waals surface area contributed by atoms with Gasteiger partial charge in [0.15, 0.2) is 0 Å². The van der Waals surface area contributed by atoms with Crippen molar-refractivity contribution in [3.05, 3.63) is 35.9 Å². The van der Waals surface area contributed by atoms with Crippen LogP contribution in [0.3, 0.4) is 0 Å². The van der Waals surface area contributed by atoms with Gasteiger partial charge >= 0.3 is 0 Å². The van der Waals surface area contributed by atoms with Crippen molar-refractivity contribution in [3.8, 4) is 0 Å². The van der Waals surface area contributed by atoms with Crippen LogP contribution in [0.25, 0.3) is 0 Å². The number of aromatic nitrogens is 4. The minimum Gasteiger partial charge on any atom is -0.357 e. The third kappa shape index (κ3) is 2.28. The predicted molar refractivity (Wildman–Crippen MR) is 73.3 cm³/mol. The highest BCUT2D eigenvalue weighted by Crippen LogP contribution is 2.21. The zero-order chi connectivity index (χ0) is 15.0. The molecule has 8 heteroatoms. The number of rotatable bonds is 2. The largest absolute Gasteiger partial charge is 0.357 e. The van der Waals surface area contributed by atoms with Gasteiger partial charge in [-0.25, -0.2) is 0 Å². The van der Waals surface area contributed by atoms with Crippen LogP contribution in [0.1, 0.15) is 22.2 Å². The average molecular weight is 288 g/mol. The molecule has 0 saturated carbocycles. The molecule has 1 aliphatic rings. The molecular weight excluding hydrogens is 272 g/mol. The predicted octanol–water partition coefficient (Wildman–Crippen LogP) is -0.440. The maximum atomic E-state index is 12.5. The third-order valence-electron chi connectivity index (χ3n) is 3.56. The molecule has 1 atom stereocenters. The zero-order valence-corrected chi connectivity index (χ0v) is 11.9. The molecule has 0 radical (unpaired) electrons. The van der Waals surface area contributed by atoms with Gasteiger partial charge < -0.3 is 10.2 Å². The van der Waals surface area contributed by atoms with E-state index < -0.39 is 6.04 Å². The Kier molecular flexibility index (Phi) is 3.20. The van der Waals surface area contributed by atoms with E-state index >= 15 is 0 Å². The smallest absolute Gasteiger partial charge is 0.274 e. The minimum atomic E-state index is -0.513. The summed E-state index contributed by atoms with van der Waals surface area (Å²) < 4.78 is 3.25. The van der Waals surface area contributed by atoms with Crippen LogP contribution >= 0.6 is 0 Å². The summed E-state index contributed by atoms with van der Waals surface area (Å²) in [6.07, 6.45) is 3.36. The van der Waals surface area contributed by atoms with Crippen LogP contribution in [0.5, 0.6) is 0 Å². The maximum Gasteiger partial charge on any atom is 0.274 e. The molecule has 3 heterocycles. The fourth-order valence-corrected chi connectivity index (χ4v) is 2.50. The van der Waals surface area contributed by atoms with Crippen molar-refractivity contribution < 1.29 is 9.59 Å². The van der Waals surface area contributed by atoms with E-state index in [1.54, 1.807) is 46.8 Å². The van der Waals surface area contributed by atoms with Gasteiger partial charge in [0.05, 0.1) is 18.8 Å². The monoisotopic (exact) mass is 288 g/mol. The fraction of sp³-hybridized carbons (Fsp3) is 0.385. The molecule has 2 amide bonds. The lowest BCUT2D eigenvalue weighted by Gasteiger charge is -2.32. The molecule has 0 bridgehead atoms. The van der Waals surface area contributed by atoms with Gasteiger partial charge in [0.2, 0.25) is 5.91 Å². The Morgan fingerprint density at radius 2 is 2.19 bits per heavy atom. The standard InChI is InChI=1S/C13H16N6O2/c1-14-12(20)11-8-18(7-9-3-5-15-19(9)11)13(21)10-4-6-17(2)16-10/h3-6,11H,7-8H2,1-2H3,(H,14,20)/t11-/m0/s1. The Hall–Kier alpha value is -2.64. The Bertz CT molecular complexity index is 688. The molecule has 21 heavy (non-hydrogen) atoms. The second-order valence-electron chi connectivity index (χ2n) is 4.96. The normalized spacial score (nSPS) is 17.4. The average Bonchev–Trinajstić information content (AvgIpc) is 3.12. The Morgan fingerprint density at radius 3 is 2.86 bits per heavy atom. The number of carbonyl (C=O) groups excluding carboxylic acids is 2. The Morgan fingerprint density at radius 1 is 1.38 bits per heavy atom. The molecule has 0 aromatic carbocycles. The molecule has 0 spiro atoms. The summed E-state index contributed by atoms with van der Waals surface area (Å²) in [5.74, 6) is -0.351. The van der Waals surface area contributed by atoms with Gasteiger partial charge in [0, 0.05) is 26.5 Å². The molecule has 8 nitrogen and oxygen atoms in total. The van der Waals surface area contributed by atoms with E-state index in [-0.39, 0.29) is 18.4 Å². The SMILES string of the molecule is CNC(=O)[C@@H]1CN(C(=O)c2ccn(C)n2)Cc2ccnn21. The maximum absolute atomic E-state index is 12.5. The quantitative estimate of drug-likeness (QED) is 0.812. The van der Waals surface area contributed by atoms with Crippen LogP contribution in [0, 0.1) is 0 Å². The van der Waals surface area contributed by atoms with E-state index in [9.17, 15) is 9.59 Å². The molecule has 110 valence electrons. The number of nitrogens with one attached hydrogen (secondary N) is 1. The summed E-state index contributed by atoms with van der Waals surface area (Å²) in [6.45, 7) is 0.701. The summed E-state index contributed by atoms with van der Waals surface area (Å²) >= 11 is 0. The van der Waals surface area contributed by atoms with E-state index in [2.05, 4.69) is 15.5 Å². The van der Waals surface area contributed by atoms with Crippen molar-refractivity contribution in [1.82, 2.24) is 29.8 Å². The Labute approximate surface area is 121 Å². The number of aryl methyl sites for hydroxylation is 1. The summed E-state index contributed by atoms with van der Waals surface area (Å²) in [6, 6.07) is 2.97. The van der Waals surface area contributed by atoms with Crippen molar-refractivity contribution in [1.29, 1.82) is 0 Å². The van der Waals surface area contributed by atoms with Crippen LogP contribution in [-0.2, 0) is 18.4 Å².